The number of hydrogen-bond donors (Lipinski definition) is 1. The van der Waals surface area contributed by atoms with E-state index in [-0.39, 0.29) is 6.09 Å². The van der Waals surface area contributed by atoms with Crippen molar-refractivity contribution >= 4 is 6.09 Å². The van der Waals surface area contributed by atoms with Gasteiger partial charge < -0.3 is 15.0 Å². The van der Waals surface area contributed by atoms with E-state index in [0.29, 0.717) is 12.6 Å². The van der Waals surface area contributed by atoms with Gasteiger partial charge in [-0.05, 0) is 32.7 Å². The molecule has 4 heteroatoms. The van der Waals surface area contributed by atoms with Gasteiger partial charge in [0, 0.05) is 19.1 Å². The van der Waals surface area contributed by atoms with E-state index in [2.05, 4.69) is 12.2 Å². The fourth-order valence-corrected chi connectivity index (χ4v) is 1.83. The van der Waals surface area contributed by atoms with Gasteiger partial charge in [0.2, 0.25) is 0 Å². The molecule has 0 atom stereocenters. The molecule has 1 aliphatic heterocycles. The maximum atomic E-state index is 11.4. The van der Waals surface area contributed by atoms with Crippen molar-refractivity contribution in [3.63, 3.8) is 0 Å². The smallest absolute Gasteiger partial charge is 0.409 e. The maximum Gasteiger partial charge on any atom is 0.409 e. The number of piperidine rings is 1. The van der Waals surface area contributed by atoms with Crippen LogP contribution in [0.2, 0.25) is 0 Å². The van der Waals surface area contributed by atoms with Gasteiger partial charge in [-0.1, -0.05) is 6.92 Å². The number of carbonyl (C=O) groups is 1. The zero-order valence-electron chi connectivity index (χ0n) is 9.79. The van der Waals surface area contributed by atoms with E-state index in [9.17, 15) is 4.79 Å². The number of amides is 1. The van der Waals surface area contributed by atoms with Crippen LogP contribution in [0.15, 0.2) is 0 Å². The molecule has 1 N–H and O–H groups in total. The molecule has 0 aromatic rings. The van der Waals surface area contributed by atoms with Crippen LogP contribution in [0.3, 0.4) is 0 Å². The number of nitrogens with zero attached hydrogens (tertiary/aromatic N) is 1. The van der Waals surface area contributed by atoms with Crippen LogP contribution >= 0.6 is 0 Å². The summed E-state index contributed by atoms with van der Waals surface area (Å²) in [5.41, 5.74) is 0. The predicted molar refractivity (Wildman–Crippen MR) is 59.9 cm³/mol. The molecule has 0 aromatic carbocycles. The van der Waals surface area contributed by atoms with E-state index in [1.807, 2.05) is 6.92 Å². The summed E-state index contributed by atoms with van der Waals surface area (Å²) in [7, 11) is 0. The van der Waals surface area contributed by atoms with Crippen molar-refractivity contribution < 1.29 is 9.53 Å². The quantitative estimate of drug-likeness (QED) is 0.773. The van der Waals surface area contributed by atoms with Gasteiger partial charge in [-0.15, -0.1) is 0 Å². The molecule has 0 aromatic heterocycles. The zero-order chi connectivity index (χ0) is 11.1. The highest BCUT2D eigenvalue weighted by molar-refractivity contribution is 5.67. The molecule has 1 saturated heterocycles. The minimum absolute atomic E-state index is 0.161. The fourth-order valence-electron chi connectivity index (χ4n) is 1.83. The lowest BCUT2D eigenvalue weighted by molar-refractivity contribution is 0.0951. The van der Waals surface area contributed by atoms with Crippen LogP contribution in [-0.4, -0.2) is 43.3 Å². The van der Waals surface area contributed by atoms with Crippen LogP contribution in [0.5, 0.6) is 0 Å². The van der Waals surface area contributed by atoms with Crippen molar-refractivity contribution in [2.75, 3.05) is 26.2 Å². The zero-order valence-corrected chi connectivity index (χ0v) is 9.79. The van der Waals surface area contributed by atoms with Crippen molar-refractivity contribution in [2.45, 2.75) is 39.2 Å². The largest absolute Gasteiger partial charge is 0.450 e. The van der Waals surface area contributed by atoms with Gasteiger partial charge in [0.1, 0.15) is 0 Å². The Kier molecular flexibility index (Phi) is 5.47. The van der Waals surface area contributed by atoms with E-state index in [4.69, 9.17) is 4.74 Å². The average Bonchev–Trinajstić information content (AvgIpc) is 2.27. The molecular weight excluding hydrogens is 192 g/mol. The summed E-state index contributed by atoms with van der Waals surface area (Å²) < 4.78 is 4.96. The Bertz CT molecular complexity index is 189. The third kappa shape index (κ3) is 4.08. The van der Waals surface area contributed by atoms with E-state index in [0.717, 1.165) is 38.9 Å². The van der Waals surface area contributed by atoms with E-state index in [1.165, 1.54) is 0 Å². The molecule has 0 saturated carbocycles. The van der Waals surface area contributed by atoms with E-state index < -0.39 is 0 Å². The second-order valence-corrected chi connectivity index (χ2v) is 3.91. The number of rotatable bonds is 4. The van der Waals surface area contributed by atoms with Crippen molar-refractivity contribution in [2.24, 2.45) is 0 Å². The van der Waals surface area contributed by atoms with Crippen LogP contribution in [0.1, 0.15) is 33.1 Å². The van der Waals surface area contributed by atoms with Crippen molar-refractivity contribution in [1.82, 2.24) is 10.2 Å². The topological polar surface area (TPSA) is 41.6 Å². The summed E-state index contributed by atoms with van der Waals surface area (Å²) in [6, 6.07) is 0.579. The highest BCUT2D eigenvalue weighted by Crippen LogP contribution is 2.11. The Morgan fingerprint density at radius 3 is 2.60 bits per heavy atom. The minimum atomic E-state index is -0.161. The maximum absolute atomic E-state index is 11.4. The first-order valence-corrected chi connectivity index (χ1v) is 5.93. The highest BCUT2D eigenvalue weighted by atomic mass is 16.6. The monoisotopic (exact) mass is 214 g/mol. The summed E-state index contributed by atoms with van der Waals surface area (Å²) >= 11 is 0. The molecule has 0 aliphatic carbocycles. The van der Waals surface area contributed by atoms with Crippen LogP contribution < -0.4 is 5.32 Å². The SMILES string of the molecule is CCCNC1CCN(C(=O)OCC)CC1. The van der Waals surface area contributed by atoms with E-state index in [1.54, 1.807) is 4.90 Å². The normalized spacial score (nSPS) is 17.9. The summed E-state index contributed by atoms with van der Waals surface area (Å²) in [6.45, 7) is 7.19. The van der Waals surface area contributed by atoms with Crippen LogP contribution in [0.4, 0.5) is 4.79 Å². The highest BCUT2D eigenvalue weighted by Gasteiger charge is 2.22. The number of carbonyl (C=O) groups excluding carboxylic acids is 1. The molecular formula is C11H22N2O2. The van der Waals surface area contributed by atoms with Crippen molar-refractivity contribution in [1.29, 1.82) is 0 Å². The molecule has 1 fully saturated rings. The molecule has 4 nitrogen and oxygen atoms in total. The molecule has 0 bridgehead atoms. The molecule has 1 amide bonds. The fraction of sp³-hybridized carbons (Fsp3) is 0.909. The van der Waals surface area contributed by atoms with Gasteiger partial charge in [-0.3, -0.25) is 0 Å². The first-order valence-electron chi connectivity index (χ1n) is 5.93. The van der Waals surface area contributed by atoms with Gasteiger partial charge >= 0.3 is 6.09 Å². The molecule has 15 heavy (non-hydrogen) atoms. The second-order valence-electron chi connectivity index (χ2n) is 3.91. The van der Waals surface area contributed by atoms with Gasteiger partial charge in [-0.2, -0.15) is 0 Å². The Hall–Kier alpha value is -0.770. The van der Waals surface area contributed by atoms with Gasteiger partial charge in [0.15, 0.2) is 0 Å². The van der Waals surface area contributed by atoms with Crippen molar-refractivity contribution in [3.05, 3.63) is 0 Å². The average molecular weight is 214 g/mol. The Balaban J connectivity index is 2.20. The first kappa shape index (κ1) is 12.3. The first-order chi connectivity index (χ1) is 7.27. The lowest BCUT2D eigenvalue weighted by atomic mass is 10.1. The Labute approximate surface area is 92.0 Å². The number of hydrogen-bond acceptors (Lipinski definition) is 3. The van der Waals surface area contributed by atoms with Gasteiger partial charge in [0.05, 0.1) is 6.61 Å². The third-order valence-corrected chi connectivity index (χ3v) is 2.70. The van der Waals surface area contributed by atoms with Gasteiger partial charge in [-0.25, -0.2) is 4.79 Å². The minimum Gasteiger partial charge on any atom is -0.450 e. The summed E-state index contributed by atoms with van der Waals surface area (Å²) in [5.74, 6) is 0. The Morgan fingerprint density at radius 1 is 1.40 bits per heavy atom. The second kappa shape index (κ2) is 6.67. The molecule has 1 heterocycles. The standard InChI is InChI=1S/C11H22N2O2/c1-3-7-12-10-5-8-13(9-6-10)11(14)15-4-2/h10,12H,3-9H2,1-2H3. The number of ether oxygens (including phenoxy) is 1. The molecule has 88 valence electrons. The van der Waals surface area contributed by atoms with Crippen LogP contribution in [0.25, 0.3) is 0 Å². The third-order valence-electron chi connectivity index (χ3n) is 2.70. The number of nitrogens with one attached hydrogen (secondary N) is 1. The van der Waals surface area contributed by atoms with Gasteiger partial charge in [0.25, 0.3) is 0 Å². The molecule has 1 rings (SSSR count). The summed E-state index contributed by atoms with van der Waals surface area (Å²) in [5, 5.41) is 3.48. The lowest BCUT2D eigenvalue weighted by Crippen LogP contribution is -2.45. The van der Waals surface area contributed by atoms with Crippen LogP contribution in [-0.2, 0) is 4.74 Å². The molecule has 1 aliphatic rings. The van der Waals surface area contributed by atoms with Crippen LogP contribution in [0, 0.1) is 0 Å². The van der Waals surface area contributed by atoms with E-state index >= 15 is 0 Å². The van der Waals surface area contributed by atoms with Crippen molar-refractivity contribution in [3.8, 4) is 0 Å². The lowest BCUT2D eigenvalue weighted by Gasteiger charge is -2.31. The summed E-state index contributed by atoms with van der Waals surface area (Å²) in [4.78, 5) is 13.2. The molecule has 0 spiro atoms. The Morgan fingerprint density at radius 2 is 2.07 bits per heavy atom. The number of likely N-dealkylation sites (tertiary alicyclic amines) is 1. The molecule has 0 radical (unpaired) electrons. The predicted octanol–water partition coefficient (Wildman–Crippen LogP) is 1.61. The molecule has 0 unspecified atom stereocenters. The summed E-state index contributed by atoms with van der Waals surface area (Å²) in [6.07, 6.45) is 3.09.